The van der Waals surface area contributed by atoms with E-state index in [4.69, 9.17) is 9.84 Å². The van der Waals surface area contributed by atoms with Crippen LogP contribution in [0.3, 0.4) is 0 Å². The molecule has 4 aliphatic carbocycles. The van der Waals surface area contributed by atoms with Crippen molar-refractivity contribution >= 4 is 17.8 Å². The van der Waals surface area contributed by atoms with Crippen molar-refractivity contribution in [2.75, 3.05) is 19.8 Å². The summed E-state index contributed by atoms with van der Waals surface area (Å²) >= 11 is 0. The molecule has 4 saturated carbocycles. The molecule has 0 aromatic rings. The first-order valence-corrected chi connectivity index (χ1v) is 10.2. The number of amides is 2. The molecule has 4 aliphatic rings. The van der Waals surface area contributed by atoms with E-state index >= 15 is 0 Å². The molecule has 27 heavy (non-hydrogen) atoms. The van der Waals surface area contributed by atoms with Gasteiger partial charge in [-0.1, -0.05) is 13.8 Å². The predicted octanol–water partition coefficient (Wildman–Crippen LogP) is 1.56. The molecule has 4 fully saturated rings. The summed E-state index contributed by atoms with van der Waals surface area (Å²) in [5, 5.41) is 14.3. The molecule has 0 aromatic carbocycles. The minimum atomic E-state index is -1.04. The van der Waals surface area contributed by atoms with Crippen LogP contribution >= 0.6 is 0 Å². The molecular formula is C20H32N2O5. The molecule has 2 amide bonds. The third-order valence-corrected chi connectivity index (χ3v) is 6.53. The first kappa shape index (κ1) is 20.1. The second-order valence-electron chi connectivity index (χ2n) is 9.13. The fourth-order valence-corrected chi connectivity index (χ4v) is 5.73. The number of carboxylic acid groups (broad SMARTS) is 1. The van der Waals surface area contributed by atoms with Crippen molar-refractivity contribution in [2.24, 2.45) is 29.1 Å². The maximum Gasteiger partial charge on any atom is 0.329 e. The molecule has 152 valence electrons. The lowest BCUT2D eigenvalue weighted by Crippen LogP contribution is -2.58. The highest BCUT2D eigenvalue weighted by Crippen LogP contribution is 2.60. The number of carbonyl (C=O) groups excluding carboxylic acids is 2. The Morgan fingerprint density at radius 1 is 1.07 bits per heavy atom. The number of carbonyl (C=O) groups is 3. The van der Waals surface area contributed by atoms with Crippen molar-refractivity contribution in [1.29, 1.82) is 0 Å². The van der Waals surface area contributed by atoms with Crippen LogP contribution in [0.5, 0.6) is 0 Å². The summed E-state index contributed by atoms with van der Waals surface area (Å²) in [5.74, 6) is 0.797. The lowest BCUT2D eigenvalue weighted by atomic mass is 9.49. The fraction of sp³-hybridized carbons (Fsp3) is 0.850. The molecule has 0 spiro atoms. The van der Waals surface area contributed by atoms with Crippen molar-refractivity contribution in [2.45, 2.75) is 58.4 Å². The van der Waals surface area contributed by atoms with Gasteiger partial charge in [-0.25, -0.2) is 4.79 Å². The summed E-state index contributed by atoms with van der Waals surface area (Å²) < 4.78 is 4.93. The van der Waals surface area contributed by atoms with Crippen LogP contribution in [-0.2, 0) is 19.1 Å². The molecule has 0 aromatic heterocycles. The van der Waals surface area contributed by atoms with Crippen molar-refractivity contribution < 1.29 is 24.2 Å². The first-order chi connectivity index (χ1) is 12.8. The van der Waals surface area contributed by atoms with Crippen LogP contribution in [0.25, 0.3) is 0 Å². The highest BCUT2D eigenvalue weighted by atomic mass is 16.5. The van der Waals surface area contributed by atoms with Crippen molar-refractivity contribution in [3.8, 4) is 0 Å². The molecule has 3 N–H and O–H groups in total. The average molecular weight is 380 g/mol. The highest BCUT2D eigenvalue weighted by Gasteiger charge is 2.55. The van der Waals surface area contributed by atoms with Crippen LogP contribution < -0.4 is 10.6 Å². The van der Waals surface area contributed by atoms with E-state index in [1.54, 1.807) is 0 Å². The number of hydrogen-bond acceptors (Lipinski definition) is 4. The number of ether oxygens (including phenoxy) is 1. The summed E-state index contributed by atoms with van der Waals surface area (Å²) in [6.07, 6.45) is 6.74. The van der Waals surface area contributed by atoms with Gasteiger partial charge in [-0.2, -0.15) is 0 Å². The summed E-state index contributed by atoms with van der Waals surface area (Å²) in [5.41, 5.74) is -0.271. The summed E-state index contributed by atoms with van der Waals surface area (Å²) in [4.78, 5) is 36.2. The quantitative estimate of drug-likeness (QED) is 0.527. The number of nitrogens with one attached hydrogen (secondary N) is 2. The summed E-state index contributed by atoms with van der Waals surface area (Å²) in [6.45, 7) is 3.82. The van der Waals surface area contributed by atoms with Gasteiger partial charge in [0.05, 0.1) is 6.61 Å². The van der Waals surface area contributed by atoms with E-state index < -0.39 is 12.0 Å². The van der Waals surface area contributed by atoms with Gasteiger partial charge in [-0.3, -0.25) is 9.59 Å². The molecule has 4 bridgehead atoms. The first-order valence-electron chi connectivity index (χ1n) is 10.2. The molecule has 1 unspecified atom stereocenters. The maximum atomic E-state index is 13.2. The number of hydrogen-bond donors (Lipinski definition) is 3. The van der Waals surface area contributed by atoms with Gasteiger partial charge in [0.25, 0.3) is 0 Å². The zero-order valence-electron chi connectivity index (χ0n) is 16.3. The largest absolute Gasteiger partial charge is 0.480 e. The summed E-state index contributed by atoms with van der Waals surface area (Å²) in [6, 6.07) is -0.579. The van der Waals surface area contributed by atoms with Crippen molar-refractivity contribution in [1.82, 2.24) is 10.6 Å². The van der Waals surface area contributed by atoms with Gasteiger partial charge in [0.1, 0.15) is 12.6 Å². The summed E-state index contributed by atoms with van der Waals surface area (Å²) in [7, 11) is 0. The average Bonchev–Trinajstić information content (AvgIpc) is 2.57. The van der Waals surface area contributed by atoms with Crippen LogP contribution in [-0.4, -0.2) is 48.7 Å². The number of carboxylic acids is 1. The molecule has 0 aliphatic heterocycles. The Labute approximate surface area is 160 Å². The Bertz CT molecular complexity index is 554. The van der Waals surface area contributed by atoms with Gasteiger partial charge in [-0.05, 0) is 62.2 Å². The fourth-order valence-electron chi connectivity index (χ4n) is 5.73. The standard InChI is InChI=1S/C20H32N2O5/c1-12(2)17(18(25)21-3-4-27-11-16(23)24)22-19(26)20-8-13-5-14(9-20)7-15(6-13)10-20/h12-15,17H,3-11H2,1-2H3,(H,21,25)(H,22,26)(H,23,24). The minimum Gasteiger partial charge on any atom is -0.480 e. The van der Waals surface area contributed by atoms with E-state index in [2.05, 4.69) is 10.6 Å². The van der Waals surface area contributed by atoms with Gasteiger partial charge in [0, 0.05) is 12.0 Å². The smallest absolute Gasteiger partial charge is 0.329 e. The Morgan fingerprint density at radius 2 is 1.63 bits per heavy atom. The van der Waals surface area contributed by atoms with E-state index in [0.29, 0.717) is 17.8 Å². The van der Waals surface area contributed by atoms with E-state index in [-0.39, 0.29) is 42.9 Å². The molecular weight excluding hydrogens is 348 g/mol. The molecule has 0 heterocycles. The van der Waals surface area contributed by atoms with E-state index in [1.807, 2.05) is 13.8 Å². The van der Waals surface area contributed by atoms with E-state index in [1.165, 1.54) is 19.3 Å². The van der Waals surface area contributed by atoms with Crippen LogP contribution in [0.4, 0.5) is 0 Å². The van der Waals surface area contributed by atoms with Crippen LogP contribution in [0.2, 0.25) is 0 Å². The van der Waals surface area contributed by atoms with Gasteiger partial charge in [-0.15, -0.1) is 0 Å². The second kappa shape index (κ2) is 8.17. The maximum absolute atomic E-state index is 13.2. The lowest BCUT2D eigenvalue weighted by molar-refractivity contribution is -0.149. The Morgan fingerprint density at radius 3 is 2.11 bits per heavy atom. The second-order valence-corrected chi connectivity index (χ2v) is 9.13. The number of rotatable bonds is 9. The Balaban J connectivity index is 1.54. The molecule has 0 saturated heterocycles. The minimum absolute atomic E-state index is 0.0252. The van der Waals surface area contributed by atoms with E-state index in [0.717, 1.165) is 19.3 Å². The molecule has 7 nitrogen and oxygen atoms in total. The predicted molar refractivity (Wildman–Crippen MR) is 98.8 cm³/mol. The van der Waals surface area contributed by atoms with Gasteiger partial charge >= 0.3 is 5.97 Å². The Hall–Kier alpha value is -1.63. The van der Waals surface area contributed by atoms with Gasteiger partial charge in [0.2, 0.25) is 11.8 Å². The number of aliphatic carboxylic acids is 1. The monoisotopic (exact) mass is 380 g/mol. The normalized spacial score (nSPS) is 32.3. The van der Waals surface area contributed by atoms with Crippen LogP contribution in [0.15, 0.2) is 0 Å². The third kappa shape index (κ3) is 4.62. The van der Waals surface area contributed by atoms with Crippen molar-refractivity contribution in [3.05, 3.63) is 0 Å². The Kier molecular flexibility index (Phi) is 6.08. The molecule has 4 rings (SSSR count). The zero-order chi connectivity index (χ0) is 19.6. The van der Waals surface area contributed by atoms with Gasteiger partial charge < -0.3 is 20.5 Å². The van der Waals surface area contributed by atoms with Crippen LogP contribution in [0.1, 0.15) is 52.4 Å². The van der Waals surface area contributed by atoms with Crippen LogP contribution in [0, 0.1) is 29.1 Å². The highest BCUT2D eigenvalue weighted by molar-refractivity contribution is 5.90. The third-order valence-electron chi connectivity index (χ3n) is 6.53. The zero-order valence-corrected chi connectivity index (χ0v) is 16.3. The molecule has 0 radical (unpaired) electrons. The van der Waals surface area contributed by atoms with E-state index in [9.17, 15) is 14.4 Å². The lowest BCUT2D eigenvalue weighted by Gasteiger charge is -2.55. The molecule has 1 atom stereocenters. The topological polar surface area (TPSA) is 105 Å². The SMILES string of the molecule is CC(C)C(NC(=O)C12CC3CC(CC(C3)C1)C2)C(=O)NCCOCC(=O)O. The van der Waals surface area contributed by atoms with Gasteiger partial charge in [0.15, 0.2) is 0 Å². The van der Waals surface area contributed by atoms with Crippen molar-refractivity contribution in [3.63, 3.8) is 0 Å². The molecule has 7 heteroatoms.